The van der Waals surface area contributed by atoms with Gasteiger partial charge < -0.3 is 11.1 Å². The van der Waals surface area contributed by atoms with E-state index >= 15 is 0 Å². The highest BCUT2D eigenvalue weighted by molar-refractivity contribution is 9.10. The summed E-state index contributed by atoms with van der Waals surface area (Å²) in [5, 5.41) is 3.20. The summed E-state index contributed by atoms with van der Waals surface area (Å²) in [6.07, 6.45) is 1.55. The van der Waals surface area contributed by atoms with Gasteiger partial charge in [-0.25, -0.2) is 4.98 Å². The molecule has 2 aromatic rings. The van der Waals surface area contributed by atoms with E-state index in [0.29, 0.717) is 26.6 Å². The first-order valence-corrected chi connectivity index (χ1v) is 6.21. The number of pyridine rings is 1. The molecule has 1 aromatic heterocycles. The summed E-state index contributed by atoms with van der Waals surface area (Å²) >= 11 is 8.99. The van der Waals surface area contributed by atoms with Gasteiger partial charge in [-0.2, -0.15) is 0 Å². The van der Waals surface area contributed by atoms with Crippen molar-refractivity contribution in [3.63, 3.8) is 0 Å². The van der Waals surface area contributed by atoms with Crippen molar-refractivity contribution in [1.82, 2.24) is 4.98 Å². The van der Waals surface area contributed by atoms with E-state index in [1.165, 1.54) is 6.07 Å². The molecule has 18 heavy (non-hydrogen) atoms. The van der Waals surface area contributed by atoms with Crippen LogP contribution >= 0.6 is 27.5 Å². The number of carbonyl (C=O) groups is 1. The van der Waals surface area contributed by atoms with E-state index in [1.54, 1.807) is 30.5 Å². The molecule has 6 heteroatoms. The second-order valence-electron chi connectivity index (χ2n) is 3.56. The quantitative estimate of drug-likeness (QED) is 0.657. The van der Waals surface area contributed by atoms with Crippen LogP contribution in [0.25, 0.3) is 0 Å². The first kappa shape index (κ1) is 12.9. The Hall–Kier alpha value is -1.59. The van der Waals surface area contributed by atoms with Crippen LogP contribution in [0.3, 0.4) is 0 Å². The highest BCUT2D eigenvalue weighted by Crippen LogP contribution is 2.19. The number of carbonyl (C=O) groups excluding carboxylic acids is 1. The van der Waals surface area contributed by atoms with Gasteiger partial charge in [0.25, 0.3) is 5.91 Å². The fourth-order valence-corrected chi connectivity index (χ4v) is 1.80. The van der Waals surface area contributed by atoms with Crippen LogP contribution in [0, 0.1) is 0 Å². The lowest BCUT2D eigenvalue weighted by molar-refractivity contribution is 0.102. The molecule has 1 heterocycles. The molecule has 0 saturated carbocycles. The number of hydrogen-bond donors (Lipinski definition) is 2. The van der Waals surface area contributed by atoms with E-state index in [1.807, 2.05) is 0 Å². The van der Waals surface area contributed by atoms with Crippen LogP contribution in [0.2, 0.25) is 5.02 Å². The minimum atomic E-state index is -0.298. The van der Waals surface area contributed by atoms with Gasteiger partial charge in [0, 0.05) is 10.7 Å². The zero-order valence-electron chi connectivity index (χ0n) is 9.15. The fraction of sp³-hybridized carbons (Fsp3) is 0. The molecule has 0 fully saturated rings. The van der Waals surface area contributed by atoms with Crippen LogP contribution < -0.4 is 11.1 Å². The summed E-state index contributed by atoms with van der Waals surface area (Å²) in [5.41, 5.74) is 7.04. The molecule has 0 bridgehead atoms. The van der Waals surface area contributed by atoms with Crippen molar-refractivity contribution in [2.24, 2.45) is 0 Å². The molecule has 0 aliphatic heterocycles. The van der Waals surface area contributed by atoms with Crippen molar-refractivity contribution in [3.05, 3.63) is 51.7 Å². The topological polar surface area (TPSA) is 68.0 Å². The number of rotatable bonds is 2. The Bertz CT molecular complexity index is 586. The van der Waals surface area contributed by atoms with Crippen molar-refractivity contribution in [1.29, 1.82) is 0 Å². The van der Waals surface area contributed by atoms with Crippen LogP contribution in [0.1, 0.15) is 10.4 Å². The van der Waals surface area contributed by atoms with Crippen molar-refractivity contribution >= 4 is 44.8 Å². The van der Waals surface area contributed by atoms with Gasteiger partial charge >= 0.3 is 0 Å². The van der Waals surface area contributed by atoms with Gasteiger partial charge in [-0.3, -0.25) is 4.79 Å². The Morgan fingerprint density at radius 2 is 2.11 bits per heavy atom. The van der Waals surface area contributed by atoms with E-state index in [-0.39, 0.29) is 5.91 Å². The van der Waals surface area contributed by atoms with E-state index in [2.05, 4.69) is 26.2 Å². The van der Waals surface area contributed by atoms with Crippen LogP contribution in [-0.4, -0.2) is 10.9 Å². The maximum atomic E-state index is 12.0. The lowest BCUT2D eigenvalue weighted by Gasteiger charge is -2.07. The van der Waals surface area contributed by atoms with E-state index in [0.717, 1.165) is 0 Å². The fourth-order valence-electron chi connectivity index (χ4n) is 1.39. The van der Waals surface area contributed by atoms with Crippen LogP contribution in [0.4, 0.5) is 11.4 Å². The number of nitrogens with two attached hydrogens (primary N) is 1. The lowest BCUT2D eigenvalue weighted by Crippen LogP contribution is -2.14. The Balaban J connectivity index is 2.19. The molecule has 4 nitrogen and oxygen atoms in total. The Labute approximate surface area is 117 Å². The Kier molecular flexibility index (Phi) is 3.84. The maximum Gasteiger partial charge on any atom is 0.257 e. The standard InChI is InChI=1S/C12H9BrClN3O/c13-11-4-2-8(6-16-11)17-12(18)9-3-1-7(14)5-10(9)15/h1-6H,15H2,(H,17,18). The van der Waals surface area contributed by atoms with Crippen LogP contribution in [0.15, 0.2) is 41.1 Å². The predicted octanol–water partition coefficient (Wildman–Crippen LogP) is 3.33. The average molecular weight is 327 g/mol. The molecular weight excluding hydrogens is 318 g/mol. The molecule has 2 rings (SSSR count). The molecule has 1 amide bonds. The number of benzene rings is 1. The summed E-state index contributed by atoms with van der Waals surface area (Å²) < 4.78 is 0.700. The minimum absolute atomic E-state index is 0.298. The van der Waals surface area contributed by atoms with Gasteiger partial charge in [-0.15, -0.1) is 0 Å². The predicted molar refractivity (Wildman–Crippen MR) is 75.8 cm³/mol. The van der Waals surface area contributed by atoms with Gasteiger partial charge in [0.05, 0.1) is 17.4 Å². The lowest BCUT2D eigenvalue weighted by atomic mass is 10.1. The highest BCUT2D eigenvalue weighted by atomic mass is 79.9. The van der Waals surface area contributed by atoms with E-state index < -0.39 is 0 Å². The minimum Gasteiger partial charge on any atom is -0.398 e. The van der Waals surface area contributed by atoms with Crippen molar-refractivity contribution in [3.8, 4) is 0 Å². The second-order valence-corrected chi connectivity index (χ2v) is 4.80. The molecule has 92 valence electrons. The molecule has 3 N–H and O–H groups in total. The van der Waals surface area contributed by atoms with Gasteiger partial charge in [0.2, 0.25) is 0 Å². The molecule has 0 aliphatic rings. The molecule has 1 aromatic carbocycles. The van der Waals surface area contributed by atoms with Gasteiger partial charge in [0.15, 0.2) is 0 Å². The van der Waals surface area contributed by atoms with Crippen LogP contribution in [0.5, 0.6) is 0 Å². The smallest absolute Gasteiger partial charge is 0.257 e. The van der Waals surface area contributed by atoms with Gasteiger partial charge in [-0.1, -0.05) is 11.6 Å². The monoisotopic (exact) mass is 325 g/mol. The summed E-state index contributed by atoms with van der Waals surface area (Å²) in [4.78, 5) is 16.0. The summed E-state index contributed by atoms with van der Waals surface area (Å²) in [6.45, 7) is 0. The zero-order chi connectivity index (χ0) is 13.1. The molecular formula is C12H9BrClN3O. The zero-order valence-corrected chi connectivity index (χ0v) is 11.5. The number of halogens is 2. The molecule has 0 atom stereocenters. The van der Waals surface area contributed by atoms with E-state index in [4.69, 9.17) is 17.3 Å². The van der Waals surface area contributed by atoms with Crippen molar-refractivity contribution in [2.45, 2.75) is 0 Å². The number of hydrogen-bond acceptors (Lipinski definition) is 3. The Morgan fingerprint density at radius 3 is 2.72 bits per heavy atom. The first-order chi connectivity index (χ1) is 8.56. The second kappa shape index (κ2) is 5.37. The molecule has 0 aliphatic carbocycles. The van der Waals surface area contributed by atoms with E-state index in [9.17, 15) is 4.79 Å². The third kappa shape index (κ3) is 3.00. The number of aromatic nitrogens is 1. The number of nitrogen functional groups attached to an aromatic ring is 1. The number of anilines is 2. The molecule has 0 saturated heterocycles. The molecule has 0 radical (unpaired) electrons. The summed E-state index contributed by atoms with van der Waals surface area (Å²) in [5.74, 6) is -0.298. The number of nitrogens with zero attached hydrogens (tertiary/aromatic N) is 1. The average Bonchev–Trinajstić information content (AvgIpc) is 2.32. The van der Waals surface area contributed by atoms with Gasteiger partial charge in [-0.05, 0) is 46.3 Å². The maximum absolute atomic E-state index is 12.0. The highest BCUT2D eigenvalue weighted by Gasteiger charge is 2.10. The normalized spacial score (nSPS) is 10.1. The molecule has 0 spiro atoms. The van der Waals surface area contributed by atoms with Crippen molar-refractivity contribution in [2.75, 3.05) is 11.1 Å². The van der Waals surface area contributed by atoms with Crippen LogP contribution in [-0.2, 0) is 0 Å². The third-order valence-corrected chi connectivity index (χ3v) is 2.95. The molecule has 0 unspecified atom stereocenters. The number of amides is 1. The SMILES string of the molecule is Nc1cc(Cl)ccc1C(=O)Nc1ccc(Br)nc1. The number of nitrogens with one attached hydrogen (secondary N) is 1. The Morgan fingerprint density at radius 1 is 1.33 bits per heavy atom. The largest absolute Gasteiger partial charge is 0.398 e. The first-order valence-electron chi connectivity index (χ1n) is 5.04. The third-order valence-electron chi connectivity index (χ3n) is 2.24. The summed E-state index contributed by atoms with van der Waals surface area (Å²) in [7, 11) is 0. The summed E-state index contributed by atoms with van der Waals surface area (Å²) in [6, 6.07) is 8.21. The van der Waals surface area contributed by atoms with Gasteiger partial charge in [0.1, 0.15) is 4.60 Å². The van der Waals surface area contributed by atoms with Crippen molar-refractivity contribution < 1.29 is 4.79 Å².